The van der Waals surface area contributed by atoms with Gasteiger partial charge in [0.2, 0.25) is 5.91 Å². The number of hydroxylamine groups is 1. The van der Waals surface area contributed by atoms with Crippen LogP contribution in [0.5, 0.6) is 0 Å². The van der Waals surface area contributed by atoms with Gasteiger partial charge in [0.15, 0.2) is 0 Å². The number of amides is 2. The maximum atomic E-state index is 11.5. The first-order chi connectivity index (χ1) is 12.3. The van der Waals surface area contributed by atoms with Crippen molar-refractivity contribution in [1.29, 1.82) is 0 Å². The molecule has 6 heteroatoms. The van der Waals surface area contributed by atoms with Gasteiger partial charge in [-0.25, -0.2) is 5.48 Å². The van der Waals surface area contributed by atoms with Gasteiger partial charge in [-0.05, 0) is 53.4 Å². The maximum Gasteiger partial charge on any atom is 0.266 e. The van der Waals surface area contributed by atoms with Crippen LogP contribution in [0.15, 0.2) is 34.9 Å². The molecule has 0 aliphatic rings. The van der Waals surface area contributed by atoms with E-state index in [9.17, 15) is 9.59 Å². The van der Waals surface area contributed by atoms with Crippen molar-refractivity contribution >= 4 is 23.6 Å². The second-order valence-corrected chi connectivity index (χ2v) is 7.80. The van der Waals surface area contributed by atoms with Gasteiger partial charge in [-0.1, -0.05) is 34.9 Å². The van der Waals surface area contributed by atoms with Crippen LogP contribution in [0.3, 0.4) is 0 Å². The molecule has 0 radical (unpaired) electrons. The van der Waals surface area contributed by atoms with E-state index in [0.29, 0.717) is 5.75 Å². The Morgan fingerprint density at radius 1 is 0.962 bits per heavy atom. The molecule has 0 aliphatic carbocycles. The van der Waals surface area contributed by atoms with Crippen molar-refractivity contribution in [1.82, 2.24) is 10.8 Å². The predicted octanol–water partition coefficient (Wildman–Crippen LogP) is 4.15. The average molecular weight is 383 g/mol. The van der Waals surface area contributed by atoms with Crippen molar-refractivity contribution < 1.29 is 14.8 Å². The van der Waals surface area contributed by atoms with E-state index in [4.69, 9.17) is 5.21 Å². The summed E-state index contributed by atoms with van der Waals surface area (Å²) >= 11 is 1.54. The molecule has 1 atom stereocenters. The predicted molar refractivity (Wildman–Crippen MR) is 110 cm³/mol. The highest BCUT2D eigenvalue weighted by Crippen LogP contribution is 2.13. The standard InChI is InChI=1S/C20H34N2O3S/c1-15(2)8-6-9-16(3)10-7-11-17(4)12-13-26-14-19(20(24)22-25)21-18(5)23/h8,10,12,19,25H,6-7,9,11,13-14H2,1-5H3,(H,21,23)(H,22,24)/b16-10+,17-12+/t19-/m0/s1. The minimum absolute atomic E-state index is 0.294. The fourth-order valence-electron chi connectivity index (χ4n) is 2.23. The lowest BCUT2D eigenvalue weighted by Crippen LogP contribution is -2.46. The molecule has 0 aromatic rings. The van der Waals surface area contributed by atoms with E-state index in [0.717, 1.165) is 31.4 Å². The number of allylic oxidation sites excluding steroid dienone is 5. The van der Waals surface area contributed by atoms with E-state index in [1.54, 1.807) is 17.2 Å². The summed E-state index contributed by atoms with van der Waals surface area (Å²) in [5.41, 5.74) is 5.70. The first-order valence-corrected chi connectivity index (χ1v) is 10.1. The summed E-state index contributed by atoms with van der Waals surface area (Å²) in [4.78, 5) is 22.6. The quantitative estimate of drug-likeness (QED) is 0.205. The van der Waals surface area contributed by atoms with Crippen LogP contribution in [0.25, 0.3) is 0 Å². The van der Waals surface area contributed by atoms with Gasteiger partial charge < -0.3 is 5.32 Å². The second kappa shape index (κ2) is 14.6. The molecular weight excluding hydrogens is 348 g/mol. The lowest BCUT2D eigenvalue weighted by Gasteiger charge is -2.14. The third kappa shape index (κ3) is 13.7. The van der Waals surface area contributed by atoms with E-state index in [2.05, 4.69) is 51.2 Å². The number of carbonyl (C=O) groups is 2. The van der Waals surface area contributed by atoms with Crippen LogP contribution >= 0.6 is 11.8 Å². The summed E-state index contributed by atoms with van der Waals surface area (Å²) in [5, 5.41) is 11.2. The molecule has 0 saturated carbocycles. The summed E-state index contributed by atoms with van der Waals surface area (Å²) in [6.07, 6.45) is 11.0. The third-order valence-electron chi connectivity index (χ3n) is 3.76. The Kier molecular flexibility index (Phi) is 13.8. The number of thioether (sulfide) groups is 1. The van der Waals surface area contributed by atoms with Crippen LogP contribution < -0.4 is 10.8 Å². The fraction of sp³-hybridized carbons (Fsp3) is 0.600. The minimum Gasteiger partial charge on any atom is -0.344 e. The topological polar surface area (TPSA) is 78.4 Å². The van der Waals surface area contributed by atoms with E-state index >= 15 is 0 Å². The minimum atomic E-state index is -0.720. The Morgan fingerprint density at radius 3 is 2.08 bits per heavy atom. The first kappa shape index (κ1) is 24.5. The van der Waals surface area contributed by atoms with Gasteiger partial charge in [0.05, 0.1) is 0 Å². The van der Waals surface area contributed by atoms with Crippen LogP contribution in [0.2, 0.25) is 0 Å². The van der Waals surface area contributed by atoms with Gasteiger partial charge in [0.1, 0.15) is 6.04 Å². The van der Waals surface area contributed by atoms with Crippen LogP contribution in [0, 0.1) is 0 Å². The van der Waals surface area contributed by atoms with Crippen LogP contribution in [-0.2, 0) is 9.59 Å². The van der Waals surface area contributed by atoms with Crippen molar-refractivity contribution in [2.24, 2.45) is 0 Å². The van der Waals surface area contributed by atoms with Crippen LogP contribution in [-0.4, -0.2) is 34.6 Å². The Balaban J connectivity index is 4.14. The number of carbonyl (C=O) groups excluding carboxylic acids is 2. The molecule has 0 rings (SSSR count). The number of hydrogen-bond acceptors (Lipinski definition) is 4. The molecule has 5 nitrogen and oxygen atoms in total. The van der Waals surface area contributed by atoms with E-state index in [-0.39, 0.29) is 5.91 Å². The van der Waals surface area contributed by atoms with Crippen LogP contribution in [0.1, 0.15) is 60.3 Å². The monoisotopic (exact) mass is 382 g/mol. The molecule has 2 amide bonds. The Labute approximate surface area is 162 Å². The highest BCUT2D eigenvalue weighted by Gasteiger charge is 2.18. The van der Waals surface area contributed by atoms with Crippen molar-refractivity contribution in [2.75, 3.05) is 11.5 Å². The number of rotatable bonds is 12. The lowest BCUT2D eigenvalue weighted by molar-refractivity contribution is -0.133. The Morgan fingerprint density at radius 2 is 1.54 bits per heavy atom. The summed E-state index contributed by atoms with van der Waals surface area (Å²) < 4.78 is 0. The van der Waals surface area contributed by atoms with Crippen LogP contribution in [0.4, 0.5) is 0 Å². The molecule has 0 spiro atoms. The Hall–Kier alpha value is -1.53. The molecule has 0 aromatic heterocycles. The van der Waals surface area contributed by atoms with Gasteiger partial charge in [-0.2, -0.15) is 11.8 Å². The van der Waals surface area contributed by atoms with Crippen molar-refractivity contribution in [2.45, 2.75) is 66.3 Å². The molecular formula is C20H34N2O3S. The van der Waals surface area contributed by atoms with Gasteiger partial charge in [0.25, 0.3) is 5.91 Å². The van der Waals surface area contributed by atoms with Crippen molar-refractivity contribution in [3.05, 3.63) is 34.9 Å². The van der Waals surface area contributed by atoms with Gasteiger partial charge in [-0.3, -0.25) is 14.8 Å². The lowest BCUT2D eigenvalue weighted by atomic mass is 10.1. The third-order valence-corrected chi connectivity index (χ3v) is 4.73. The van der Waals surface area contributed by atoms with Gasteiger partial charge in [0, 0.05) is 18.4 Å². The average Bonchev–Trinajstić information content (AvgIpc) is 2.56. The number of nitrogens with one attached hydrogen (secondary N) is 2. The molecule has 0 unspecified atom stereocenters. The van der Waals surface area contributed by atoms with Crippen molar-refractivity contribution in [3.63, 3.8) is 0 Å². The zero-order valence-electron chi connectivity index (χ0n) is 16.7. The first-order valence-electron chi connectivity index (χ1n) is 8.99. The highest BCUT2D eigenvalue weighted by molar-refractivity contribution is 7.99. The molecule has 0 bridgehead atoms. The molecule has 0 aliphatic heterocycles. The highest BCUT2D eigenvalue weighted by atomic mass is 32.2. The molecule has 3 N–H and O–H groups in total. The number of hydrogen-bond donors (Lipinski definition) is 3. The van der Waals surface area contributed by atoms with E-state index in [1.807, 2.05) is 0 Å². The fourth-order valence-corrected chi connectivity index (χ4v) is 3.24. The Bertz CT molecular complexity index is 535. The summed E-state index contributed by atoms with van der Waals surface area (Å²) in [7, 11) is 0. The molecule has 0 saturated heterocycles. The summed E-state index contributed by atoms with van der Waals surface area (Å²) in [5.74, 6) is 0.294. The van der Waals surface area contributed by atoms with Gasteiger partial charge >= 0.3 is 0 Å². The van der Waals surface area contributed by atoms with Gasteiger partial charge in [-0.15, -0.1) is 0 Å². The maximum absolute atomic E-state index is 11.5. The molecule has 0 fully saturated rings. The molecule has 26 heavy (non-hydrogen) atoms. The zero-order chi connectivity index (χ0) is 19.9. The molecule has 0 aromatic carbocycles. The van der Waals surface area contributed by atoms with Crippen molar-refractivity contribution in [3.8, 4) is 0 Å². The summed E-state index contributed by atoms with van der Waals surface area (Å²) in [6, 6.07) is -0.720. The molecule has 0 heterocycles. The zero-order valence-corrected chi connectivity index (χ0v) is 17.5. The largest absolute Gasteiger partial charge is 0.344 e. The smallest absolute Gasteiger partial charge is 0.266 e. The SMILES string of the molecule is CC(=O)N[C@@H](CSC/C=C(\C)CC/C=C(\C)CCC=C(C)C)C(=O)NO. The summed E-state index contributed by atoms with van der Waals surface area (Å²) in [6.45, 7) is 9.89. The van der Waals surface area contributed by atoms with E-state index < -0.39 is 11.9 Å². The normalized spacial score (nSPS) is 13.2. The molecule has 148 valence electrons. The second-order valence-electron chi connectivity index (χ2n) is 6.73. The van der Waals surface area contributed by atoms with E-state index in [1.165, 1.54) is 23.6 Å².